The van der Waals surface area contributed by atoms with Gasteiger partial charge in [0.15, 0.2) is 0 Å². The van der Waals surface area contributed by atoms with E-state index in [2.05, 4.69) is 109 Å². The van der Waals surface area contributed by atoms with Crippen molar-refractivity contribution in [3.8, 4) is 0 Å². The smallest absolute Gasteiger partial charge is 0.113 e. The van der Waals surface area contributed by atoms with Gasteiger partial charge in [0, 0.05) is 6.54 Å². The van der Waals surface area contributed by atoms with Gasteiger partial charge in [-0.15, -0.1) is 0 Å². The standard InChI is InChI=1S/C37H43NO4/c1-2-23-38-24-35(40-26-31-17-9-4-10-18-31)37(42-28-33-21-13-6-14-22-33)36(41-27-32-19-11-5-12-20-32)34(38)29-39-25-30-15-7-3-8-16-30/h3-22,34-37H,2,23-29H2,1H3. The summed E-state index contributed by atoms with van der Waals surface area (Å²) in [7, 11) is 0. The van der Waals surface area contributed by atoms with Gasteiger partial charge >= 0.3 is 0 Å². The molecule has 4 unspecified atom stereocenters. The molecule has 1 aliphatic heterocycles. The lowest BCUT2D eigenvalue weighted by molar-refractivity contribution is -0.210. The fourth-order valence-corrected chi connectivity index (χ4v) is 5.59. The molecule has 5 heteroatoms. The molecule has 4 atom stereocenters. The van der Waals surface area contributed by atoms with Gasteiger partial charge < -0.3 is 18.9 Å². The SMILES string of the molecule is CCCN1CC(OCc2ccccc2)C(OCc2ccccc2)C(OCc2ccccc2)C1COCc1ccccc1. The van der Waals surface area contributed by atoms with Crippen LogP contribution in [-0.4, -0.2) is 49.0 Å². The molecule has 0 spiro atoms. The summed E-state index contributed by atoms with van der Waals surface area (Å²) in [5, 5.41) is 0. The Hall–Kier alpha value is -3.32. The Morgan fingerprint density at radius 3 is 1.45 bits per heavy atom. The van der Waals surface area contributed by atoms with Gasteiger partial charge in [0.05, 0.1) is 45.2 Å². The summed E-state index contributed by atoms with van der Waals surface area (Å²) in [5.74, 6) is 0. The Labute approximate surface area is 251 Å². The summed E-state index contributed by atoms with van der Waals surface area (Å²) < 4.78 is 26.6. The van der Waals surface area contributed by atoms with Crippen molar-refractivity contribution in [2.24, 2.45) is 0 Å². The topological polar surface area (TPSA) is 40.2 Å². The molecule has 42 heavy (non-hydrogen) atoms. The second-order valence-electron chi connectivity index (χ2n) is 10.9. The highest BCUT2D eigenvalue weighted by Crippen LogP contribution is 2.29. The van der Waals surface area contributed by atoms with Crippen LogP contribution in [0.1, 0.15) is 35.6 Å². The zero-order chi connectivity index (χ0) is 28.8. The molecule has 0 aliphatic carbocycles. The number of benzene rings is 4. The van der Waals surface area contributed by atoms with Gasteiger partial charge in [-0.2, -0.15) is 0 Å². The Morgan fingerprint density at radius 1 is 0.548 bits per heavy atom. The average Bonchev–Trinajstić information content (AvgIpc) is 3.05. The third kappa shape index (κ3) is 8.84. The number of rotatable bonds is 15. The molecule has 5 nitrogen and oxygen atoms in total. The summed E-state index contributed by atoms with van der Waals surface area (Å²) in [6, 6.07) is 41.4. The van der Waals surface area contributed by atoms with E-state index in [0.29, 0.717) is 33.0 Å². The van der Waals surface area contributed by atoms with Crippen LogP contribution in [-0.2, 0) is 45.4 Å². The third-order valence-corrected chi connectivity index (χ3v) is 7.74. The summed E-state index contributed by atoms with van der Waals surface area (Å²) in [5.41, 5.74) is 4.58. The van der Waals surface area contributed by atoms with E-state index in [0.717, 1.165) is 41.8 Å². The number of hydrogen-bond donors (Lipinski definition) is 0. The minimum atomic E-state index is -0.268. The van der Waals surface area contributed by atoms with Crippen LogP contribution in [0.4, 0.5) is 0 Å². The highest BCUT2D eigenvalue weighted by molar-refractivity contribution is 5.16. The molecule has 4 aromatic carbocycles. The molecule has 0 radical (unpaired) electrons. The lowest BCUT2D eigenvalue weighted by atomic mass is 9.92. The minimum Gasteiger partial charge on any atom is -0.375 e. The molecule has 1 saturated heterocycles. The van der Waals surface area contributed by atoms with Crippen LogP contribution >= 0.6 is 0 Å². The van der Waals surface area contributed by atoms with E-state index in [1.807, 2.05) is 24.3 Å². The highest BCUT2D eigenvalue weighted by Gasteiger charge is 2.45. The van der Waals surface area contributed by atoms with E-state index in [-0.39, 0.29) is 24.4 Å². The first-order chi connectivity index (χ1) is 20.8. The van der Waals surface area contributed by atoms with Crippen molar-refractivity contribution in [2.45, 2.75) is 64.1 Å². The molecule has 1 aliphatic rings. The normalized spacial score (nSPS) is 20.9. The maximum Gasteiger partial charge on any atom is 0.113 e. The van der Waals surface area contributed by atoms with Crippen LogP contribution in [0.25, 0.3) is 0 Å². The molecule has 0 bridgehead atoms. The fraction of sp³-hybridized carbons (Fsp3) is 0.351. The summed E-state index contributed by atoms with van der Waals surface area (Å²) >= 11 is 0. The van der Waals surface area contributed by atoms with Gasteiger partial charge in [-0.1, -0.05) is 128 Å². The Kier molecular flexibility index (Phi) is 11.7. The lowest BCUT2D eigenvalue weighted by Gasteiger charge is -2.48. The number of ether oxygens (including phenoxy) is 4. The van der Waals surface area contributed by atoms with Gasteiger partial charge in [-0.05, 0) is 35.2 Å². The number of piperidine rings is 1. The van der Waals surface area contributed by atoms with Gasteiger partial charge in [0.2, 0.25) is 0 Å². The van der Waals surface area contributed by atoms with E-state index >= 15 is 0 Å². The quantitative estimate of drug-likeness (QED) is 0.154. The van der Waals surface area contributed by atoms with Crippen LogP contribution < -0.4 is 0 Å². The molecule has 0 aromatic heterocycles. The molecule has 0 N–H and O–H groups in total. The van der Waals surface area contributed by atoms with Crippen molar-refractivity contribution in [3.05, 3.63) is 144 Å². The zero-order valence-corrected chi connectivity index (χ0v) is 24.6. The van der Waals surface area contributed by atoms with Gasteiger partial charge in [0.1, 0.15) is 12.2 Å². The van der Waals surface area contributed by atoms with Gasteiger partial charge in [0.25, 0.3) is 0 Å². The first-order valence-corrected chi connectivity index (χ1v) is 15.1. The van der Waals surface area contributed by atoms with Crippen LogP contribution in [0.5, 0.6) is 0 Å². The lowest BCUT2D eigenvalue weighted by Crippen LogP contribution is -2.64. The van der Waals surface area contributed by atoms with Gasteiger partial charge in [-0.25, -0.2) is 0 Å². The second kappa shape index (κ2) is 16.4. The van der Waals surface area contributed by atoms with Crippen LogP contribution in [0.2, 0.25) is 0 Å². The molecular weight excluding hydrogens is 522 g/mol. The number of nitrogens with zero attached hydrogens (tertiary/aromatic N) is 1. The zero-order valence-electron chi connectivity index (χ0n) is 24.6. The molecule has 1 fully saturated rings. The van der Waals surface area contributed by atoms with Crippen molar-refractivity contribution in [1.29, 1.82) is 0 Å². The fourth-order valence-electron chi connectivity index (χ4n) is 5.59. The second-order valence-corrected chi connectivity index (χ2v) is 10.9. The minimum absolute atomic E-state index is 0.0229. The number of likely N-dealkylation sites (tertiary alicyclic amines) is 1. The average molecular weight is 566 g/mol. The van der Waals surface area contributed by atoms with Gasteiger partial charge in [-0.3, -0.25) is 4.90 Å². The largest absolute Gasteiger partial charge is 0.375 e. The van der Waals surface area contributed by atoms with Crippen LogP contribution in [0, 0.1) is 0 Å². The Balaban J connectivity index is 1.40. The maximum atomic E-state index is 6.82. The van der Waals surface area contributed by atoms with Crippen LogP contribution in [0.15, 0.2) is 121 Å². The van der Waals surface area contributed by atoms with E-state index in [1.165, 1.54) is 0 Å². The van der Waals surface area contributed by atoms with E-state index in [4.69, 9.17) is 18.9 Å². The molecule has 1 heterocycles. The molecule has 0 amide bonds. The molecule has 0 saturated carbocycles. The molecule has 4 aromatic rings. The Morgan fingerprint density at radius 2 is 0.976 bits per heavy atom. The van der Waals surface area contributed by atoms with Crippen molar-refractivity contribution >= 4 is 0 Å². The monoisotopic (exact) mass is 565 g/mol. The van der Waals surface area contributed by atoms with Crippen molar-refractivity contribution in [1.82, 2.24) is 4.90 Å². The first kappa shape index (κ1) is 30.1. The molecule has 5 rings (SSSR count). The third-order valence-electron chi connectivity index (χ3n) is 7.74. The predicted molar refractivity (Wildman–Crippen MR) is 167 cm³/mol. The van der Waals surface area contributed by atoms with Crippen molar-refractivity contribution < 1.29 is 18.9 Å². The molecular formula is C37H43NO4. The first-order valence-electron chi connectivity index (χ1n) is 15.1. The summed E-state index contributed by atoms with van der Waals surface area (Å²) in [4.78, 5) is 2.48. The van der Waals surface area contributed by atoms with E-state index in [9.17, 15) is 0 Å². The van der Waals surface area contributed by atoms with Crippen molar-refractivity contribution in [3.63, 3.8) is 0 Å². The van der Waals surface area contributed by atoms with Crippen molar-refractivity contribution in [2.75, 3.05) is 19.7 Å². The van der Waals surface area contributed by atoms with Crippen LogP contribution in [0.3, 0.4) is 0 Å². The summed E-state index contributed by atoms with van der Waals surface area (Å²) in [6.45, 7) is 6.53. The number of hydrogen-bond acceptors (Lipinski definition) is 5. The van der Waals surface area contributed by atoms with E-state index in [1.54, 1.807) is 0 Å². The summed E-state index contributed by atoms with van der Waals surface area (Å²) in [6.07, 6.45) is 0.357. The maximum absolute atomic E-state index is 6.82. The highest BCUT2D eigenvalue weighted by atomic mass is 16.6. The van der Waals surface area contributed by atoms with E-state index < -0.39 is 0 Å². The Bertz CT molecular complexity index is 1270. The molecule has 220 valence electrons. The predicted octanol–water partition coefficient (Wildman–Crippen LogP) is 7.05.